The summed E-state index contributed by atoms with van der Waals surface area (Å²) in [6.07, 6.45) is 0. The number of hydrogen-bond donors (Lipinski definition) is 0. The van der Waals surface area contributed by atoms with Crippen LogP contribution in [0.1, 0.15) is 0 Å². The van der Waals surface area contributed by atoms with Crippen molar-refractivity contribution in [1.82, 2.24) is 19.5 Å². The molecule has 0 aliphatic carbocycles. The van der Waals surface area contributed by atoms with E-state index < -0.39 is 0 Å². The SMILES string of the molecule is c1ccc(-c2cccc3c(-c4nc(-c5ccc6ccccc6c5)nc(-c5ccc6c(c5)oc5ccccc56)n4)ccc(-n4c5cc6ccccc6cc5c5c6ccccc6ccc54)c23)cc1. The maximum Gasteiger partial charge on any atom is 0.164 e. The van der Waals surface area contributed by atoms with Gasteiger partial charge < -0.3 is 8.98 Å². The highest BCUT2D eigenvalue weighted by molar-refractivity contribution is 6.24. The van der Waals surface area contributed by atoms with Crippen LogP contribution in [0, 0.1) is 0 Å². The molecule has 3 aromatic heterocycles. The zero-order valence-electron chi connectivity index (χ0n) is 35.5. The van der Waals surface area contributed by atoms with Crippen LogP contribution < -0.4 is 0 Å². The number of benzene rings is 11. The maximum absolute atomic E-state index is 6.39. The molecule has 0 fully saturated rings. The molecule has 306 valence electrons. The summed E-state index contributed by atoms with van der Waals surface area (Å²) < 4.78 is 8.86. The Morgan fingerprint density at radius 3 is 1.76 bits per heavy atom. The van der Waals surface area contributed by atoms with E-state index >= 15 is 0 Å². The van der Waals surface area contributed by atoms with Gasteiger partial charge in [-0.1, -0.05) is 164 Å². The number of hydrogen-bond acceptors (Lipinski definition) is 4. The van der Waals surface area contributed by atoms with Gasteiger partial charge in [-0.15, -0.1) is 0 Å². The molecule has 0 amide bonds. The fraction of sp³-hybridized carbons (Fsp3) is 0. The van der Waals surface area contributed by atoms with Gasteiger partial charge in [0.2, 0.25) is 0 Å². The first-order valence-corrected chi connectivity index (χ1v) is 22.3. The van der Waals surface area contributed by atoms with Crippen molar-refractivity contribution < 1.29 is 4.42 Å². The standard InChI is InChI=1S/C61H36N4O/c1-2-14-38(15-3-1)46-22-12-23-49-50(30-32-53(57(46)49)65-52-31-28-39-16-8-9-20-45(39)58(52)51-34-41-18-6-7-19-42(41)35-54(51)65)61-63-59(43-26-25-37-13-4-5-17-40(37)33-43)62-60(64-61)44-27-29-48-47-21-10-11-24-55(47)66-56(48)36-44/h1-36H. The minimum absolute atomic E-state index is 0.572. The Kier molecular flexibility index (Phi) is 7.91. The number of fused-ring (bicyclic) bond motifs is 11. The third-order valence-corrected chi connectivity index (χ3v) is 13.4. The predicted molar refractivity (Wildman–Crippen MR) is 273 cm³/mol. The van der Waals surface area contributed by atoms with E-state index in [0.717, 1.165) is 88.0 Å². The topological polar surface area (TPSA) is 56.7 Å². The normalized spacial score (nSPS) is 11.9. The summed E-state index contributed by atoms with van der Waals surface area (Å²) in [6, 6.07) is 77.7. The zero-order valence-corrected chi connectivity index (χ0v) is 35.5. The molecule has 5 nitrogen and oxygen atoms in total. The summed E-state index contributed by atoms with van der Waals surface area (Å²) in [5.41, 5.74) is 9.96. The smallest absolute Gasteiger partial charge is 0.164 e. The van der Waals surface area contributed by atoms with Gasteiger partial charge in [-0.2, -0.15) is 0 Å². The van der Waals surface area contributed by atoms with Crippen LogP contribution in [0.15, 0.2) is 223 Å². The highest BCUT2D eigenvalue weighted by atomic mass is 16.3. The van der Waals surface area contributed by atoms with Gasteiger partial charge >= 0.3 is 0 Å². The lowest BCUT2D eigenvalue weighted by Crippen LogP contribution is -2.02. The highest BCUT2D eigenvalue weighted by Crippen LogP contribution is 2.44. The van der Waals surface area contributed by atoms with Crippen molar-refractivity contribution in [2.24, 2.45) is 0 Å². The molecule has 0 spiro atoms. The predicted octanol–water partition coefficient (Wildman–Crippen LogP) is 16.1. The minimum Gasteiger partial charge on any atom is -0.456 e. The second kappa shape index (κ2) is 14.3. The molecular formula is C61H36N4O. The first kappa shape index (κ1) is 36.5. The van der Waals surface area contributed by atoms with E-state index in [4.69, 9.17) is 19.4 Å². The molecule has 0 saturated heterocycles. The Morgan fingerprint density at radius 1 is 0.303 bits per heavy atom. The summed E-state index contributed by atoms with van der Waals surface area (Å²) in [5, 5.41) is 13.9. The second-order valence-corrected chi connectivity index (χ2v) is 17.1. The Balaban J connectivity index is 1.07. The van der Waals surface area contributed by atoms with Gasteiger partial charge in [0.1, 0.15) is 11.2 Å². The Morgan fingerprint density at radius 2 is 0.924 bits per heavy atom. The minimum atomic E-state index is 0.572. The lowest BCUT2D eigenvalue weighted by molar-refractivity contribution is 0.669. The van der Waals surface area contributed by atoms with E-state index in [1.807, 2.05) is 18.2 Å². The molecule has 0 saturated carbocycles. The van der Waals surface area contributed by atoms with Crippen molar-refractivity contribution in [1.29, 1.82) is 0 Å². The van der Waals surface area contributed by atoms with Crippen LogP contribution >= 0.6 is 0 Å². The van der Waals surface area contributed by atoms with Crippen LogP contribution in [0.5, 0.6) is 0 Å². The third kappa shape index (κ3) is 5.63. The van der Waals surface area contributed by atoms with E-state index in [-0.39, 0.29) is 0 Å². The van der Waals surface area contributed by atoms with Crippen molar-refractivity contribution in [3.05, 3.63) is 218 Å². The van der Waals surface area contributed by atoms with Crippen LogP contribution in [-0.4, -0.2) is 19.5 Å². The maximum atomic E-state index is 6.39. The lowest BCUT2D eigenvalue weighted by Gasteiger charge is -2.18. The molecule has 0 aliphatic heterocycles. The summed E-state index contributed by atoms with van der Waals surface area (Å²) in [5.74, 6) is 1.76. The van der Waals surface area contributed by atoms with Crippen LogP contribution in [-0.2, 0) is 0 Å². The molecule has 14 aromatic rings. The first-order valence-electron chi connectivity index (χ1n) is 22.3. The van der Waals surface area contributed by atoms with Crippen molar-refractivity contribution >= 4 is 86.8 Å². The van der Waals surface area contributed by atoms with E-state index in [1.165, 1.54) is 32.3 Å². The lowest BCUT2D eigenvalue weighted by atomic mass is 9.93. The van der Waals surface area contributed by atoms with Crippen molar-refractivity contribution in [3.63, 3.8) is 0 Å². The van der Waals surface area contributed by atoms with Crippen LogP contribution in [0.3, 0.4) is 0 Å². The van der Waals surface area contributed by atoms with Gasteiger partial charge in [0, 0.05) is 43.6 Å². The van der Waals surface area contributed by atoms with Gasteiger partial charge in [-0.3, -0.25) is 0 Å². The van der Waals surface area contributed by atoms with E-state index in [1.54, 1.807) is 0 Å². The fourth-order valence-electron chi connectivity index (χ4n) is 10.3. The molecule has 0 aliphatic rings. The van der Waals surface area contributed by atoms with Crippen molar-refractivity contribution in [2.75, 3.05) is 0 Å². The van der Waals surface area contributed by atoms with Crippen molar-refractivity contribution in [2.45, 2.75) is 0 Å². The van der Waals surface area contributed by atoms with Crippen LogP contribution in [0.4, 0.5) is 0 Å². The van der Waals surface area contributed by atoms with Gasteiger partial charge in [-0.05, 0) is 103 Å². The molecule has 11 aromatic carbocycles. The Bertz CT molecular complexity index is 4300. The van der Waals surface area contributed by atoms with Crippen molar-refractivity contribution in [3.8, 4) is 51.0 Å². The second-order valence-electron chi connectivity index (χ2n) is 17.1. The molecule has 0 radical (unpaired) electrons. The Labute approximate surface area is 378 Å². The van der Waals surface area contributed by atoms with E-state index in [2.05, 4.69) is 205 Å². The van der Waals surface area contributed by atoms with E-state index in [9.17, 15) is 0 Å². The molecule has 66 heavy (non-hydrogen) atoms. The molecule has 14 rings (SSSR count). The average Bonchev–Trinajstić information content (AvgIpc) is 3.92. The van der Waals surface area contributed by atoms with Gasteiger partial charge in [-0.25, -0.2) is 15.0 Å². The Hall–Kier alpha value is -8.93. The number of aromatic nitrogens is 4. The van der Waals surface area contributed by atoms with Gasteiger partial charge in [0.25, 0.3) is 0 Å². The molecule has 3 heterocycles. The van der Waals surface area contributed by atoms with Crippen LogP contribution in [0.2, 0.25) is 0 Å². The summed E-state index contributed by atoms with van der Waals surface area (Å²) in [7, 11) is 0. The van der Waals surface area contributed by atoms with E-state index in [0.29, 0.717) is 17.5 Å². The number of nitrogens with zero attached hydrogens (tertiary/aromatic N) is 4. The fourth-order valence-corrected chi connectivity index (χ4v) is 10.3. The summed E-state index contributed by atoms with van der Waals surface area (Å²) in [6.45, 7) is 0. The number of furan rings is 1. The third-order valence-electron chi connectivity index (χ3n) is 13.4. The number of para-hydroxylation sites is 1. The molecular weight excluding hydrogens is 805 g/mol. The largest absolute Gasteiger partial charge is 0.456 e. The van der Waals surface area contributed by atoms with Gasteiger partial charge in [0.15, 0.2) is 17.5 Å². The molecule has 0 unspecified atom stereocenters. The first-order chi connectivity index (χ1) is 32.7. The summed E-state index contributed by atoms with van der Waals surface area (Å²) in [4.78, 5) is 15.9. The molecule has 5 heteroatoms. The average molecular weight is 841 g/mol. The number of rotatable bonds is 5. The quantitative estimate of drug-likeness (QED) is 0.173. The summed E-state index contributed by atoms with van der Waals surface area (Å²) >= 11 is 0. The zero-order chi connectivity index (χ0) is 43.3. The highest BCUT2D eigenvalue weighted by Gasteiger charge is 2.23. The molecule has 0 N–H and O–H groups in total. The van der Waals surface area contributed by atoms with Crippen LogP contribution in [0.25, 0.3) is 138 Å². The molecule has 0 atom stereocenters. The molecule has 0 bridgehead atoms. The monoisotopic (exact) mass is 840 g/mol. The van der Waals surface area contributed by atoms with Gasteiger partial charge in [0.05, 0.1) is 16.7 Å².